The third-order valence-electron chi connectivity index (χ3n) is 5.71. The average Bonchev–Trinajstić information content (AvgIpc) is 2.65. The van der Waals surface area contributed by atoms with Gasteiger partial charge in [-0.1, -0.05) is 32.4 Å². The molecule has 0 amide bonds. The molecule has 1 aromatic rings. The molecule has 0 atom stereocenters. The summed E-state index contributed by atoms with van der Waals surface area (Å²) in [5, 5.41) is 6.97. The van der Waals surface area contributed by atoms with Crippen molar-refractivity contribution in [1.82, 2.24) is 10.6 Å². The molecule has 0 saturated heterocycles. The SMILES string of the molecule is CCNC(=NCC(C)(C)c1cccc(OC)c1)NCC1(CCOC)CCC1.I. The fraction of sp³-hybridized carbons (Fsp3) is 0.682. The van der Waals surface area contributed by atoms with Crippen LogP contribution in [0.3, 0.4) is 0 Å². The van der Waals surface area contributed by atoms with Gasteiger partial charge in [0.25, 0.3) is 0 Å². The molecular formula is C22H38IN3O2. The Morgan fingerprint density at radius 3 is 2.54 bits per heavy atom. The first-order chi connectivity index (χ1) is 12.9. The van der Waals surface area contributed by atoms with Gasteiger partial charge >= 0.3 is 0 Å². The highest BCUT2D eigenvalue weighted by Gasteiger charge is 2.36. The van der Waals surface area contributed by atoms with E-state index in [2.05, 4.69) is 43.5 Å². The average molecular weight is 503 g/mol. The van der Waals surface area contributed by atoms with Gasteiger partial charge in [-0.25, -0.2) is 0 Å². The van der Waals surface area contributed by atoms with Gasteiger partial charge in [-0.05, 0) is 49.3 Å². The van der Waals surface area contributed by atoms with E-state index < -0.39 is 0 Å². The maximum absolute atomic E-state index is 5.37. The van der Waals surface area contributed by atoms with E-state index in [9.17, 15) is 0 Å². The fourth-order valence-corrected chi connectivity index (χ4v) is 3.54. The number of nitrogens with one attached hydrogen (secondary N) is 2. The second-order valence-electron chi connectivity index (χ2n) is 8.26. The number of ether oxygens (including phenoxy) is 2. The highest BCUT2D eigenvalue weighted by molar-refractivity contribution is 14.0. The molecule has 1 aliphatic rings. The Kier molecular flexibility index (Phi) is 10.6. The summed E-state index contributed by atoms with van der Waals surface area (Å²) in [4.78, 5) is 4.88. The van der Waals surface area contributed by atoms with Crippen molar-refractivity contribution in [2.24, 2.45) is 10.4 Å². The second-order valence-corrected chi connectivity index (χ2v) is 8.26. The van der Waals surface area contributed by atoms with E-state index in [-0.39, 0.29) is 29.4 Å². The molecule has 0 spiro atoms. The Labute approximate surface area is 188 Å². The summed E-state index contributed by atoms with van der Waals surface area (Å²) >= 11 is 0. The molecule has 0 unspecified atom stereocenters. The van der Waals surface area contributed by atoms with E-state index in [0.29, 0.717) is 12.0 Å². The highest BCUT2D eigenvalue weighted by Crippen LogP contribution is 2.43. The van der Waals surface area contributed by atoms with Gasteiger partial charge in [-0.3, -0.25) is 4.99 Å². The van der Waals surface area contributed by atoms with Gasteiger partial charge in [0.1, 0.15) is 5.75 Å². The van der Waals surface area contributed by atoms with Gasteiger partial charge < -0.3 is 20.1 Å². The maximum atomic E-state index is 5.37. The monoisotopic (exact) mass is 503 g/mol. The van der Waals surface area contributed by atoms with E-state index in [1.807, 2.05) is 12.1 Å². The van der Waals surface area contributed by atoms with Crippen LogP contribution in [0.15, 0.2) is 29.3 Å². The lowest BCUT2D eigenvalue weighted by atomic mass is 9.67. The summed E-state index contributed by atoms with van der Waals surface area (Å²) < 4.78 is 10.7. The van der Waals surface area contributed by atoms with Crippen LogP contribution < -0.4 is 15.4 Å². The molecule has 0 aliphatic heterocycles. The number of hydrogen-bond acceptors (Lipinski definition) is 3. The number of rotatable bonds is 10. The van der Waals surface area contributed by atoms with Gasteiger partial charge in [0.05, 0.1) is 13.7 Å². The lowest BCUT2D eigenvalue weighted by molar-refractivity contribution is 0.0732. The van der Waals surface area contributed by atoms with E-state index in [0.717, 1.165) is 37.8 Å². The van der Waals surface area contributed by atoms with Crippen LogP contribution in [0.4, 0.5) is 0 Å². The number of guanidine groups is 1. The summed E-state index contributed by atoms with van der Waals surface area (Å²) in [7, 11) is 3.49. The number of aliphatic imine (C=N–C) groups is 1. The van der Waals surface area contributed by atoms with Crippen LogP contribution in [0.1, 0.15) is 52.0 Å². The van der Waals surface area contributed by atoms with Crippen molar-refractivity contribution < 1.29 is 9.47 Å². The number of halogens is 1. The van der Waals surface area contributed by atoms with Gasteiger partial charge in [0.15, 0.2) is 5.96 Å². The van der Waals surface area contributed by atoms with Crippen LogP contribution in [0.5, 0.6) is 5.75 Å². The van der Waals surface area contributed by atoms with E-state index in [1.165, 1.54) is 24.8 Å². The molecule has 0 bridgehead atoms. The molecule has 1 aromatic carbocycles. The van der Waals surface area contributed by atoms with Crippen LogP contribution in [0, 0.1) is 5.41 Å². The van der Waals surface area contributed by atoms with Gasteiger partial charge in [-0.15, -0.1) is 24.0 Å². The minimum Gasteiger partial charge on any atom is -0.497 e. The third kappa shape index (κ3) is 7.10. The minimum atomic E-state index is -0.0684. The number of hydrogen-bond donors (Lipinski definition) is 2. The lowest BCUT2D eigenvalue weighted by Crippen LogP contribution is -2.47. The molecule has 1 fully saturated rings. The zero-order chi connectivity index (χ0) is 19.8. The number of methoxy groups -OCH3 is 2. The molecule has 160 valence electrons. The molecule has 6 heteroatoms. The van der Waals surface area contributed by atoms with Gasteiger partial charge in [0.2, 0.25) is 0 Å². The Bertz CT molecular complexity index is 616. The van der Waals surface area contributed by atoms with Crippen molar-refractivity contribution in [3.63, 3.8) is 0 Å². The van der Waals surface area contributed by atoms with Crippen molar-refractivity contribution in [3.8, 4) is 5.75 Å². The Balaban J connectivity index is 0.00000392. The van der Waals surface area contributed by atoms with Crippen LogP contribution in [-0.4, -0.2) is 46.4 Å². The molecule has 2 rings (SSSR count). The molecule has 2 N–H and O–H groups in total. The van der Waals surface area contributed by atoms with Crippen molar-refractivity contribution in [1.29, 1.82) is 0 Å². The second kappa shape index (κ2) is 11.9. The Hall–Kier alpha value is -1.02. The number of nitrogens with zero attached hydrogens (tertiary/aromatic N) is 1. The Morgan fingerprint density at radius 2 is 1.96 bits per heavy atom. The van der Waals surface area contributed by atoms with E-state index >= 15 is 0 Å². The predicted octanol–water partition coefficient (Wildman–Crippen LogP) is 4.35. The van der Waals surface area contributed by atoms with Crippen LogP contribution in [0.2, 0.25) is 0 Å². The fourth-order valence-electron chi connectivity index (χ4n) is 3.54. The van der Waals surface area contributed by atoms with Crippen molar-refractivity contribution in [2.75, 3.05) is 40.5 Å². The largest absolute Gasteiger partial charge is 0.497 e. The highest BCUT2D eigenvalue weighted by atomic mass is 127. The molecular weight excluding hydrogens is 465 g/mol. The summed E-state index contributed by atoms with van der Waals surface area (Å²) in [6, 6.07) is 8.27. The topological polar surface area (TPSA) is 54.9 Å². The normalized spacial score (nSPS) is 16.0. The molecule has 5 nitrogen and oxygen atoms in total. The molecule has 1 aliphatic carbocycles. The first kappa shape index (κ1) is 25.0. The lowest BCUT2D eigenvalue weighted by Gasteiger charge is -2.42. The molecule has 0 heterocycles. The smallest absolute Gasteiger partial charge is 0.191 e. The number of benzene rings is 1. The van der Waals surface area contributed by atoms with E-state index in [1.54, 1.807) is 14.2 Å². The maximum Gasteiger partial charge on any atom is 0.191 e. The van der Waals surface area contributed by atoms with Crippen LogP contribution in [0.25, 0.3) is 0 Å². The molecule has 0 aromatic heterocycles. The first-order valence-electron chi connectivity index (χ1n) is 10.1. The summed E-state index contributed by atoms with van der Waals surface area (Å²) in [5.74, 6) is 1.79. The molecule has 28 heavy (non-hydrogen) atoms. The van der Waals surface area contributed by atoms with Crippen LogP contribution in [-0.2, 0) is 10.2 Å². The van der Waals surface area contributed by atoms with Crippen LogP contribution >= 0.6 is 24.0 Å². The minimum absolute atomic E-state index is 0. The predicted molar refractivity (Wildman–Crippen MR) is 128 cm³/mol. The molecule has 0 radical (unpaired) electrons. The standard InChI is InChI=1S/C22H37N3O2.HI/c1-6-23-20(25-17-22(11-8-12-22)13-14-26-4)24-16-21(2,3)18-9-7-10-19(15-18)27-5;/h7,9-10,15H,6,8,11-14,16-17H2,1-5H3,(H2,23,24,25);1H. The summed E-state index contributed by atoms with van der Waals surface area (Å²) in [6.45, 7) is 9.91. The van der Waals surface area contributed by atoms with Gasteiger partial charge in [0, 0.05) is 32.2 Å². The first-order valence-corrected chi connectivity index (χ1v) is 10.1. The third-order valence-corrected chi connectivity index (χ3v) is 5.71. The van der Waals surface area contributed by atoms with Crippen molar-refractivity contribution in [2.45, 2.75) is 51.9 Å². The zero-order valence-corrected chi connectivity index (χ0v) is 20.5. The zero-order valence-electron chi connectivity index (χ0n) is 18.1. The Morgan fingerprint density at radius 1 is 1.21 bits per heavy atom. The summed E-state index contributed by atoms with van der Waals surface area (Å²) in [6.07, 6.45) is 4.99. The summed E-state index contributed by atoms with van der Waals surface area (Å²) in [5.41, 5.74) is 1.53. The van der Waals surface area contributed by atoms with Crippen molar-refractivity contribution in [3.05, 3.63) is 29.8 Å². The molecule has 1 saturated carbocycles. The quantitative estimate of drug-likeness (QED) is 0.283. The van der Waals surface area contributed by atoms with Crippen molar-refractivity contribution >= 4 is 29.9 Å². The van der Waals surface area contributed by atoms with E-state index in [4.69, 9.17) is 14.5 Å². The van der Waals surface area contributed by atoms with Gasteiger partial charge in [-0.2, -0.15) is 0 Å².